The van der Waals surface area contributed by atoms with Gasteiger partial charge in [-0.15, -0.1) is 11.6 Å². The molecule has 1 aliphatic heterocycles. The lowest BCUT2D eigenvalue weighted by atomic mass is 10.2. The van der Waals surface area contributed by atoms with Crippen LogP contribution in [-0.2, 0) is 10.0 Å². The maximum atomic E-state index is 11.8. The van der Waals surface area contributed by atoms with Crippen LogP contribution in [0.3, 0.4) is 0 Å². The monoisotopic (exact) mass is 272 g/mol. The van der Waals surface area contributed by atoms with Crippen LogP contribution in [0.2, 0.25) is 0 Å². The van der Waals surface area contributed by atoms with Gasteiger partial charge in [-0.05, 0) is 18.1 Å². The molecule has 1 aromatic carbocycles. The number of alkyl halides is 1. The molecule has 0 radical (unpaired) electrons. The molecule has 1 heterocycles. The van der Waals surface area contributed by atoms with Crippen LogP contribution in [0.15, 0.2) is 34.2 Å². The fourth-order valence-electron chi connectivity index (χ4n) is 1.55. The highest BCUT2D eigenvalue weighted by Gasteiger charge is 2.29. The van der Waals surface area contributed by atoms with Gasteiger partial charge in [0, 0.05) is 18.0 Å². The highest BCUT2D eigenvalue weighted by atomic mass is 35.5. The molecule has 0 aliphatic carbocycles. The SMILES string of the molecule is CC(CCl)CN=C1NS(=O)(=O)c2ccccc21. The molecule has 0 aromatic heterocycles. The van der Waals surface area contributed by atoms with Gasteiger partial charge in [-0.1, -0.05) is 19.1 Å². The van der Waals surface area contributed by atoms with Gasteiger partial charge in [0.2, 0.25) is 0 Å². The summed E-state index contributed by atoms with van der Waals surface area (Å²) in [6, 6.07) is 6.81. The summed E-state index contributed by atoms with van der Waals surface area (Å²) in [7, 11) is -3.42. The van der Waals surface area contributed by atoms with E-state index in [1.54, 1.807) is 24.3 Å². The molecule has 0 spiro atoms. The second-order valence-electron chi connectivity index (χ2n) is 4.05. The predicted octanol–water partition coefficient (Wildman–Crippen LogP) is 1.60. The number of nitrogens with one attached hydrogen (secondary N) is 1. The minimum Gasteiger partial charge on any atom is -0.267 e. The molecule has 92 valence electrons. The number of hydrogen-bond acceptors (Lipinski definition) is 3. The van der Waals surface area contributed by atoms with Crippen LogP contribution in [0.4, 0.5) is 0 Å². The molecule has 2 rings (SSSR count). The Balaban J connectivity index is 2.35. The number of rotatable bonds is 3. The van der Waals surface area contributed by atoms with Crippen LogP contribution >= 0.6 is 11.6 Å². The van der Waals surface area contributed by atoms with Crippen molar-refractivity contribution in [3.05, 3.63) is 29.8 Å². The molecule has 17 heavy (non-hydrogen) atoms. The molecule has 1 unspecified atom stereocenters. The van der Waals surface area contributed by atoms with Crippen molar-refractivity contribution in [3.63, 3.8) is 0 Å². The van der Waals surface area contributed by atoms with E-state index in [1.165, 1.54) is 0 Å². The second-order valence-corrected chi connectivity index (χ2v) is 6.01. The van der Waals surface area contributed by atoms with Crippen molar-refractivity contribution in [2.24, 2.45) is 10.9 Å². The van der Waals surface area contributed by atoms with Crippen LogP contribution in [0.25, 0.3) is 0 Å². The number of fused-ring (bicyclic) bond motifs is 1. The average Bonchev–Trinajstić information content (AvgIpc) is 2.59. The van der Waals surface area contributed by atoms with Crippen LogP contribution in [-0.4, -0.2) is 26.7 Å². The van der Waals surface area contributed by atoms with E-state index in [0.717, 1.165) is 0 Å². The molecule has 0 saturated carbocycles. The Hall–Kier alpha value is -1.07. The number of benzene rings is 1. The quantitative estimate of drug-likeness (QED) is 0.850. The lowest BCUT2D eigenvalue weighted by molar-refractivity contribution is 0.595. The van der Waals surface area contributed by atoms with Gasteiger partial charge in [0.25, 0.3) is 10.0 Å². The summed E-state index contributed by atoms with van der Waals surface area (Å²) >= 11 is 5.69. The van der Waals surface area contributed by atoms with Crippen molar-refractivity contribution in [2.45, 2.75) is 11.8 Å². The Bertz CT molecular complexity index is 554. The van der Waals surface area contributed by atoms with Gasteiger partial charge in [0.05, 0.1) is 4.90 Å². The minimum atomic E-state index is -3.42. The Morgan fingerprint density at radius 3 is 2.82 bits per heavy atom. The Kier molecular flexibility index (Phi) is 3.40. The fourth-order valence-corrected chi connectivity index (χ4v) is 2.90. The molecular weight excluding hydrogens is 260 g/mol. The van der Waals surface area contributed by atoms with Gasteiger partial charge in [0.15, 0.2) is 0 Å². The summed E-state index contributed by atoms with van der Waals surface area (Å²) in [5, 5.41) is 0. The lowest BCUT2D eigenvalue weighted by Gasteiger charge is -2.03. The second kappa shape index (κ2) is 4.66. The van der Waals surface area contributed by atoms with Gasteiger partial charge in [-0.25, -0.2) is 8.42 Å². The molecule has 0 fully saturated rings. The smallest absolute Gasteiger partial charge is 0.263 e. The largest absolute Gasteiger partial charge is 0.267 e. The van der Waals surface area contributed by atoms with Crippen LogP contribution in [0.1, 0.15) is 12.5 Å². The first-order valence-corrected chi connectivity index (χ1v) is 7.29. The molecule has 0 bridgehead atoms. The fraction of sp³-hybridized carbons (Fsp3) is 0.364. The Labute approximate surface area is 106 Å². The van der Waals surface area contributed by atoms with E-state index < -0.39 is 10.0 Å². The highest BCUT2D eigenvalue weighted by molar-refractivity contribution is 7.90. The van der Waals surface area contributed by atoms with E-state index in [4.69, 9.17) is 11.6 Å². The number of aliphatic imine (C=N–C) groups is 1. The molecule has 1 aliphatic rings. The topological polar surface area (TPSA) is 58.5 Å². The average molecular weight is 273 g/mol. The van der Waals surface area contributed by atoms with E-state index in [9.17, 15) is 8.42 Å². The molecule has 1 aromatic rings. The van der Waals surface area contributed by atoms with Crippen molar-refractivity contribution < 1.29 is 8.42 Å². The van der Waals surface area contributed by atoms with Gasteiger partial charge < -0.3 is 0 Å². The zero-order valence-corrected chi connectivity index (χ0v) is 10.9. The van der Waals surface area contributed by atoms with Crippen LogP contribution in [0, 0.1) is 5.92 Å². The highest BCUT2D eigenvalue weighted by Crippen LogP contribution is 2.22. The van der Waals surface area contributed by atoms with Crippen LogP contribution < -0.4 is 4.72 Å². The summed E-state index contributed by atoms with van der Waals surface area (Å²) < 4.78 is 26.0. The molecule has 1 N–H and O–H groups in total. The van der Waals surface area contributed by atoms with E-state index in [2.05, 4.69) is 9.71 Å². The standard InChI is InChI=1S/C11H13ClN2O2S/c1-8(6-12)7-13-11-9-4-2-3-5-10(9)17(15,16)14-11/h2-5,8H,6-7H2,1H3,(H,13,14). The van der Waals surface area contributed by atoms with Crippen molar-refractivity contribution in [3.8, 4) is 0 Å². The normalized spacial score (nSPS) is 20.9. The van der Waals surface area contributed by atoms with Crippen molar-refractivity contribution in [2.75, 3.05) is 12.4 Å². The van der Waals surface area contributed by atoms with Gasteiger partial charge >= 0.3 is 0 Å². The van der Waals surface area contributed by atoms with Crippen molar-refractivity contribution in [1.82, 2.24) is 4.72 Å². The summed E-state index contributed by atoms with van der Waals surface area (Å²) in [5.41, 5.74) is 0.634. The van der Waals surface area contributed by atoms with E-state index in [-0.39, 0.29) is 10.8 Å². The van der Waals surface area contributed by atoms with E-state index in [0.29, 0.717) is 23.8 Å². The summed E-state index contributed by atoms with van der Waals surface area (Å²) in [4.78, 5) is 4.56. The first kappa shape index (κ1) is 12.4. The van der Waals surface area contributed by atoms with Gasteiger partial charge in [-0.3, -0.25) is 9.71 Å². The summed E-state index contributed by atoms with van der Waals surface area (Å²) in [6.45, 7) is 2.47. The maximum Gasteiger partial charge on any atom is 0.263 e. The van der Waals surface area contributed by atoms with Crippen molar-refractivity contribution in [1.29, 1.82) is 0 Å². The lowest BCUT2D eigenvalue weighted by Crippen LogP contribution is -2.23. The Morgan fingerprint density at radius 1 is 1.41 bits per heavy atom. The summed E-state index contributed by atoms with van der Waals surface area (Å²) in [5.74, 6) is 1.14. The molecule has 0 amide bonds. The predicted molar refractivity (Wildman–Crippen MR) is 68.1 cm³/mol. The van der Waals surface area contributed by atoms with Gasteiger partial charge in [-0.2, -0.15) is 0 Å². The third-order valence-electron chi connectivity index (χ3n) is 2.49. The molecule has 4 nitrogen and oxygen atoms in total. The van der Waals surface area contributed by atoms with E-state index >= 15 is 0 Å². The molecule has 0 saturated heterocycles. The number of amidine groups is 1. The maximum absolute atomic E-state index is 11.8. The zero-order valence-electron chi connectivity index (χ0n) is 9.35. The summed E-state index contributed by atoms with van der Waals surface area (Å²) in [6.07, 6.45) is 0. The number of sulfonamides is 1. The van der Waals surface area contributed by atoms with Crippen LogP contribution in [0.5, 0.6) is 0 Å². The van der Waals surface area contributed by atoms with Crippen molar-refractivity contribution >= 4 is 27.5 Å². The molecular formula is C11H13ClN2O2S. The molecule has 1 atom stereocenters. The number of nitrogens with zero attached hydrogens (tertiary/aromatic N) is 1. The number of hydrogen-bond donors (Lipinski definition) is 1. The van der Waals surface area contributed by atoms with E-state index in [1.807, 2.05) is 6.92 Å². The van der Waals surface area contributed by atoms with Gasteiger partial charge in [0.1, 0.15) is 5.84 Å². The molecule has 6 heteroatoms. The third kappa shape index (κ3) is 2.45. The first-order chi connectivity index (χ1) is 8.04. The first-order valence-electron chi connectivity index (χ1n) is 5.27. The Morgan fingerprint density at radius 2 is 2.12 bits per heavy atom. The minimum absolute atomic E-state index is 0.224. The third-order valence-corrected chi connectivity index (χ3v) is 4.41. The zero-order chi connectivity index (χ0) is 12.5. The number of halogens is 1.